The fourth-order valence-electron chi connectivity index (χ4n) is 3.77. The van der Waals surface area contributed by atoms with Gasteiger partial charge in [0.15, 0.2) is 0 Å². The van der Waals surface area contributed by atoms with E-state index in [1.807, 2.05) is 0 Å². The van der Waals surface area contributed by atoms with E-state index in [-0.39, 0.29) is 24.1 Å². The van der Waals surface area contributed by atoms with Crippen LogP contribution in [-0.2, 0) is 9.53 Å². The topological polar surface area (TPSA) is 29.5 Å². The van der Waals surface area contributed by atoms with Gasteiger partial charge in [0.25, 0.3) is 0 Å². The Labute approximate surface area is 133 Å². The third-order valence-corrected chi connectivity index (χ3v) is 7.49. The number of ether oxygens (including phenoxy) is 1. The molecular formula is C17H23NO2Se. The zero-order valence-corrected chi connectivity index (χ0v) is 14.6. The molecule has 2 bridgehead atoms. The van der Waals surface area contributed by atoms with Crippen molar-refractivity contribution in [1.29, 1.82) is 0 Å². The summed E-state index contributed by atoms with van der Waals surface area (Å²) in [5.74, 6) is 0.401. The van der Waals surface area contributed by atoms with Crippen molar-refractivity contribution in [3.8, 4) is 0 Å². The molecule has 1 aliphatic carbocycles. The van der Waals surface area contributed by atoms with Crippen LogP contribution >= 0.6 is 0 Å². The normalized spacial score (nSPS) is 32.0. The summed E-state index contributed by atoms with van der Waals surface area (Å²) in [4.78, 5) is 15.3. The monoisotopic (exact) mass is 353 g/mol. The van der Waals surface area contributed by atoms with Crippen LogP contribution in [0.1, 0.15) is 26.7 Å². The Bertz CT molecular complexity index is 505. The van der Waals surface area contributed by atoms with Gasteiger partial charge in [-0.3, -0.25) is 0 Å². The number of fused-ring (bicyclic) bond motifs is 2. The van der Waals surface area contributed by atoms with Gasteiger partial charge in [-0.25, -0.2) is 0 Å². The summed E-state index contributed by atoms with van der Waals surface area (Å²) < 4.78 is 7.17. The molecule has 1 aromatic rings. The van der Waals surface area contributed by atoms with Crippen LogP contribution in [0, 0.1) is 5.92 Å². The molecule has 2 fully saturated rings. The maximum atomic E-state index is 12.6. The molecule has 1 saturated carbocycles. The number of carbonyl (C=O) groups excluding carboxylic acids is 1. The van der Waals surface area contributed by atoms with Crippen LogP contribution in [0.15, 0.2) is 30.3 Å². The predicted molar refractivity (Wildman–Crippen MR) is 84.9 cm³/mol. The number of methoxy groups -OCH3 is 1. The Morgan fingerprint density at radius 3 is 2.57 bits per heavy atom. The predicted octanol–water partition coefficient (Wildman–Crippen LogP) is 1.85. The second-order valence-corrected chi connectivity index (χ2v) is 8.94. The van der Waals surface area contributed by atoms with E-state index in [2.05, 4.69) is 49.1 Å². The molecule has 0 N–H and O–H groups in total. The van der Waals surface area contributed by atoms with E-state index in [0.717, 1.165) is 12.8 Å². The van der Waals surface area contributed by atoms with Gasteiger partial charge in [0, 0.05) is 0 Å². The molecule has 4 heteroatoms. The van der Waals surface area contributed by atoms with Gasteiger partial charge in [-0.05, 0) is 0 Å². The molecular weight excluding hydrogens is 329 g/mol. The Morgan fingerprint density at radius 2 is 1.95 bits per heavy atom. The Kier molecular flexibility index (Phi) is 4.39. The van der Waals surface area contributed by atoms with E-state index in [9.17, 15) is 4.79 Å². The van der Waals surface area contributed by atoms with E-state index >= 15 is 0 Å². The third-order valence-electron chi connectivity index (χ3n) is 4.63. The van der Waals surface area contributed by atoms with Crippen molar-refractivity contribution in [2.24, 2.45) is 5.92 Å². The van der Waals surface area contributed by atoms with Gasteiger partial charge in [0.05, 0.1) is 0 Å². The summed E-state index contributed by atoms with van der Waals surface area (Å²) >= 11 is 0.394. The van der Waals surface area contributed by atoms with E-state index < -0.39 is 0 Å². The fraction of sp³-hybridized carbons (Fsp3) is 0.588. The number of hydrogen-bond donors (Lipinski definition) is 0. The molecule has 21 heavy (non-hydrogen) atoms. The van der Waals surface area contributed by atoms with Crippen molar-refractivity contribution in [3.05, 3.63) is 30.3 Å². The van der Waals surface area contributed by atoms with Crippen LogP contribution in [0.5, 0.6) is 0 Å². The number of nitrogens with zero attached hydrogens (tertiary/aromatic N) is 1. The van der Waals surface area contributed by atoms with Crippen molar-refractivity contribution >= 4 is 25.3 Å². The standard InChI is InChI=1S/C17H23NO2Se/c1-11(2)18-15-14(21-12-7-5-4-6-8-12)10-9-13(17(18)19)16(15)20-3/h4-8,11,13-16H,9-10H2,1-3H3/t13-,14-,15+,16-/m0/s1. The van der Waals surface area contributed by atoms with Crippen molar-refractivity contribution in [3.63, 3.8) is 0 Å². The third kappa shape index (κ3) is 2.65. The van der Waals surface area contributed by atoms with Crippen molar-refractivity contribution in [1.82, 2.24) is 4.90 Å². The molecule has 3 rings (SSSR count). The Hall–Kier alpha value is -0.831. The quantitative estimate of drug-likeness (QED) is 0.774. The first kappa shape index (κ1) is 15.1. The molecule has 2 aliphatic rings. The Morgan fingerprint density at radius 1 is 1.24 bits per heavy atom. The molecule has 1 heterocycles. The molecule has 1 saturated heterocycles. The van der Waals surface area contributed by atoms with Gasteiger partial charge in [0.1, 0.15) is 0 Å². The zero-order chi connectivity index (χ0) is 15.0. The molecule has 1 amide bonds. The van der Waals surface area contributed by atoms with Crippen molar-refractivity contribution in [2.75, 3.05) is 7.11 Å². The van der Waals surface area contributed by atoms with Gasteiger partial charge in [-0.2, -0.15) is 0 Å². The summed E-state index contributed by atoms with van der Waals surface area (Å²) in [6.45, 7) is 4.25. The summed E-state index contributed by atoms with van der Waals surface area (Å²) in [6, 6.07) is 11.2. The molecule has 0 radical (unpaired) electrons. The number of hydrogen-bond acceptors (Lipinski definition) is 2. The van der Waals surface area contributed by atoms with E-state index in [1.54, 1.807) is 7.11 Å². The van der Waals surface area contributed by atoms with Crippen LogP contribution in [0.25, 0.3) is 0 Å². The van der Waals surface area contributed by atoms with Gasteiger partial charge in [0.2, 0.25) is 0 Å². The molecule has 3 nitrogen and oxygen atoms in total. The molecule has 0 aromatic heterocycles. The van der Waals surface area contributed by atoms with Gasteiger partial charge >= 0.3 is 133 Å². The first-order chi connectivity index (χ1) is 10.1. The van der Waals surface area contributed by atoms with Crippen LogP contribution in [0.4, 0.5) is 0 Å². The molecule has 114 valence electrons. The number of amides is 1. The number of benzene rings is 1. The van der Waals surface area contributed by atoms with E-state index in [0.29, 0.717) is 25.7 Å². The summed E-state index contributed by atoms with van der Waals surface area (Å²) in [5.41, 5.74) is 0. The zero-order valence-electron chi connectivity index (χ0n) is 12.9. The molecule has 1 aromatic carbocycles. The van der Waals surface area contributed by atoms with Crippen molar-refractivity contribution in [2.45, 2.75) is 49.7 Å². The average molecular weight is 352 g/mol. The molecule has 4 atom stereocenters. The minimum absolute atomic E-state index is 0.0873. The molecule has 0 unspecified atom stereocenters. The minimum atomic E-state index is 0.0873. The number of likely N-dealkylation sites (tertiary alicyclic amines) is 1. The first-order valence-corrected chi connectivity index (χ1v) is 9.54. The summed E-state index contributed by atoms with van der Waals surface area (Å²) in [7, 11) is 1.76. The maximum absolute atomic E-state index is 12.6. The SMILES string of the molecule is CO[C@@H]1[C@H]2[C@@H]([Se]c3ccccc3)CC[C@@H]1C(=O)N2C(C)C. The van der Waals surface area contributed by atoms with Crippen LogP contribution in [0.2, 0.25) is 4.82 Å². The Balaban J connectivity index is 1.87. The fourth-order valence-corrected chi connectivity index (χ4v) is 6.59. The summed E-state index contributed by atoms with van der Waals surface area (Å²) in [6.07, 6.45) is 2.22. The van der Waals surface area contributed by atoms with Gasteiger partial charge < -0.3 is 0 Å². The van der Waals surface area contributed by atoms with Crippen molar-refractivity contribution < 1.29 is 9.53 Å². The van der Waals surface area contributed by atoms with Crippen LogP contribution in [0.3, 0.4) is 0 Å². The van der Waals surface area contributed by atoms with Crippen LogP contribution in [-0.4, -0.2) is 51.1 Å². The second-order valence-electron chi connectivity index (χ2n) is 6.18. The molecule has 1 aliphatic heterocycles. The van der Waals surface area contributed by atoms with Crippen LogP contribution < -0.4 is 4.46 Å². The van der Waals surface area contributed by atoms with Gasteiger partial charge in [-0.15, -0.1) is 0 Å². The number of carbonyl (C=O) groups is 1. The second kappa shape index (κ2) is 6.12. The molecule has 0 spiro atoms. The van der Waals surface area contributed by atoms with E-state index in [1.165, 1.54) is 4.46 Å². The van der Waals surface area contributed by atoms with Gasteiger partial charge in [-0.1, -0.05) is 0 Å². The first-order valence-electron chi connectivity index (χ1n) is 7.70. The average Bonchev–Trinajstić information content (AvgIpc) is 2.69. The number of rotatable bonds is 4. The summed E-state index contributed by atoms with van der Waals surface area (Å²) in [5, 5.41) is 0. The van der Waals surface area contributed by atoms with E-state index in [4.69, 9.17) is 4.74 Å².